The van der Waals surface area contributed by atoms with Crippen LogP contribution in [0.2, 0.25) is 0 Å². The van der Waals surface area contributed by atoms with Gasteiger partial charge in [0.15, 0.2) is 0 Å². The Balaban J connectivity index is 2.92. The van der Waals surface area contributed by atoms with Crippen LogP contribution >= 0.6 is 0 Å². The van der Waals surface area contributed by atoms with Crippen molar-refractivity contribution in [2.24, 2.45) is 5.41 Å². The van der Waals surface area contributed by atoms with Crippen LogP contribution in [0.5, 0.6) is 5.75 Å². The maximum absolute atomic E-state index is 10.4. The van der Waals surface area contributed by atoms with E-state index in [0.717, 1.165) is 18.4 Å². The summed E-state index contributed by atoms with van der Waals surface area (Å²) in [4.78, 5) is 14.5. The van der Waals surface area contributed by atoms with E-state index >= 15 is 0 Å². The lowest BCUT2D eigenvalue weighted by atomic mass is 9.90. The minimum absolute atomic E-state index is 0.0970. The Hall–Kier alpha value is -1.38. The first-order valence-corrected chi connectivity index (χ1v) is 5.03. The fraction of sp³-hybridized carbons (Fsp3) is 0.500. The van der Waals surface area contributed by atoms with Crippen LogP contribution in [0.25, 0.3) is 0 Å². The minimum atomic E-state index is 0.0970. The van der Waals surface area contributed by atoms with Gasteiger partial charge in [-0.3, -0.25) is 4.98 Å². The Morgan fingerprint density at radius 2 is 2.13 bits per heavy atom. The van der Waals surface area contributed by atoms with Crippen LogP contribution in [-0.4, -0.2) is 16.4 Å². The highest BCUT2D eigenvalue weighted by molar-refractivity contribution is 5.57. The number of hydrogen-bond donors (Lipinski definition) is 1. The normalized spacial score (nSPS) is 11.4. The van der Waals surface area contributed by atoms with Crippen molar-refractivity contribution in [3.05, 3.63) is 23.5 Å². The Bertz CT molecular complexity index is 353. The topological polar surface area (TPSA) is 50.2 Å². The molecule has 1 N–H and O–H groups in total. The van der Waals surface area contributed by atoms with Gasteiger partial charge in [0.2, 0.25) is 0 Å². The fourth-order valence-electron chi connectivity index (χ4n) is 1.43. The summed E-state index contributed by atoms with van der Waals surface area (Å²) >= 11 is 0. The molecule has 15 heavy (non-hydrogen) atoms. The molecule has 0 aliphatic carbocycles. The molecule has 0 amide bonds. The highest BCUT2D eigenvalue weighted by atomic mass is 16.3. The second-order valence-corrected chi connectivity index (χ2v) is 4.91. The van der Waals surface area contributed by atoms with Crippen molar-refractivity contribution in [2.75, 3.05) is 0 Å². The Kier molecular flexibility index (Phi) is 3.45. The third-order valence-corrected chi connectivity index (χ3v) is 2.04. The second-order valence-electron chi connectivity index (χ2n) is 4.91. The summed E-state index contributed by atoms with van der Waals surface area (Å²) in [6.45, 7) is 6.38. The van der Waals surface area contributed by atoms with Gasteiger partial charge in [0.25, 0.3) is 0 Å². The van der Waals surface area contributed by atoms with Crippen molar-refractivity contribution in [1.82, 2.24) is 4.98 Å². The molecule has 0 radical (unpaired) electrons. The molecule has 0 unspecified atom stereocenters. The summed E-state index contributed by atoms with van der Waals surface area (Å²) in [7, 11) is 0. The van der Waals surface area contributed by atoms with Gasteiger partial charge < -0.3 is 9.90 Å². The number of aromatic hydroxyl groups is 1. The number of carbonyl (C=O) groups excluding carboxylic acids is 1. The molecule has 1 aromatic rings. The lowest BCUT2D eigenvalue weighted by molar-refractivity contribution is -0.107. The number of rotatable bonds is 3. The van der Waals surface area contributed by atoms with Crippen LogP contribution in [-0.2, 0) is 17.6 Å². The number of hydrogen-bond acceptors (Lipinski definition) is 3. The molecule has 1 rings (SSSR count). The quantitative estimate of drug-likeness (QED) is 0.772. The zero-order chi connectivity index (χ0) is 11.5. The molecule has 3 nitrogen and oxygen atoms in total. The summed E-state index contributed by atoms with van der Waals surface area (Å²) in [5.74, 6) is 0.0970. The molecule has 1 heterocycles. The molecule has 0 saturated carbocycles. The summed E-state index contributed by atoms with van der Waals surface area (Å²) < 4.78 is 0. The lowest BCUT2D eigenvalue weighted by Gasteiger charge is -2.17. The highest BCUT2D eigenvalue weighted by Gasteiger charge is 2.13. The number of carbonyl (C=O) groups is 1. The smallest absolute Gasteiger partial charge is 0.137 e. The zero-order valence-electron chi connectivity index (χ0n) is 9.45. The maximum Gasteiger partial charge on any atom is 0.137 e. The van der Waals surface area contributed by atoms with Gasteiger partial charge in [-0.2, -0.15) is 0 Å². The first-order chi connectivity index (χ1) is 6.92. The second kappa shape index (κ2) is 4.43. The maximum atomic E-state index is 10.4. The molecular formula is C12H17NO2. The van der Waals surface area contributed by atoms with Gasteiger partial charge in [-0.05, 0) is 17.9 Å². The van der Waals surface area contributed by atoms with E-state index in [-0.39, 0.29) is 17.6 Å². The molecule has 1 aromatic heterocycles. The van der Waals surface area contributed by atoms with Crippen LogP contribution in [0, 0.1) is 5.41 Å². The summed E-state index contributed by atoms with van der Waals surface area (Å²) in [6, 6.07) is 1.80. The van der Waals surface area contributed by atoms with E-state index in [1.165, 1.54) is 6.20 Å². The predicted molar refractivity (Wildman–Crippen MR) is 58.8 cm³/mol. The Morgan fingerprint density at radius 3 is 2.67 bits per heavy atom. The predicted octanol–water partition coefficient (Wildman–Crippen LogP) is 2.12. The monoisotopic (exact) mass is 207 g/mol. The lowest BCUT2D eigenvalue weighted by Crippen LogP contribution is -2.10. The van der Waals surface area contributed by atoms with Crippen molar-refractivity contribution in [3.63, 3.8) is 0 Å². The molecule has 0 aliphatic heterocycles. The van der Waals surface area contributed by atoms with Crippen molar-refractivity contribution < 1.29 is 9.90 Å². The summed E-state index contributed by atoms with van der Waals surface area (Å²) in [5.41, 5.74) is 1.72. The van der Waals surface area contributed by atoms with Crippen LogP contribution in [0.15, 0.2) is 12.3 Å². The van der Waals surface area contributed by atoms with E-state index in [9.17, 15) is 9.90 Å². The van der Waals surface area contributed by atoms with Crippen LogP contribution in [0.4, 0.5) is 0 Å². The Morgan fingerprint density at radius 1 is 1.47 bits per heavy atom. The van der Waals surface area contributed by atoms with Gasteiger partial charge >= 0.3 is 0 Å². The van der Waals surface area contributed by atoms with Crippen molar-refractivity contribution in [2.45, 2.75) is 33.6 Å². The van der Waals surface area contributed by atoms with Gasteiger partial charge in [-0.25, -0.2) is 0 Å². The van der Waals surface area contributed by atoms with E-state index in [4.69, 9.17) is 0 Å². The Labute approximate surface area is 90.2 Å². The average Bonchev–Trinajstić information content (AvgIpc) is 2.09. The standard InChI is InChI=1S/C12H17NO2/c1-12(2,3)7-10-6-9(4-5-14)11(15)8-13-10/h5-6,8,15H,4,7H2,1-3H3. The zero-order valence-corrected chi connectivity index (χ0v) is 9.45. The van der Waals surface area contributed by atoms with Crippen LogP contribution in [0.1, 0.15) is 32.0 Å². The molecular weight excluding hydrogens is 190 g/mol. The van der Waals surface area contributed by atoms with Crippen molar-refractivity contribution >= 4 is 6.29 Å². The van der Waals surface area contributed by atoms with Crippen molar-refractivity contribution in [3.8, 4) is 5.75 Å². The largest absolute Gasteiger partial charge is 0.506 e. The number of pyridine rings is 1. The van der Waals surface area contributed by atoms with Crippen molar-refractivity contribution in [1.29, 1.82) is 0 Å². The third-order valence-electron chi connectivity index (χ3n) is 2.04. The van der Waals surface area contributed by atoms with Crippen LogP contribution in [0.3, 0.4) is 0 Å². The summed E-state index contributed by atoms with van der Waals surface area (Å²) in [6.07, 6.45) is 3.28. The van der Waals surface area contributed by atoms with E-state index in [1.54, 1.807) is 6.07 Å². The summed E-state index contributed by atoms with van der Waals surface area (Å²) in [5, 5.41) is 9.44. The number of aldehydes is 1. The fourth-order valence-corrected chi connectivity index (χ4v) is 1.43. The molecule has 0 spiro atoms. The van der Waals surface area contributed by atoms with E-state index < -0.39 is 0 Å². The first kappa shape index (κ1) is 11.7. The van der Waals surface area contributed by atoms with Crippen LogP contribution < -0.4 is 0 Å². The number of aromatic nitrogens is 1. The first-order valence-electron chi connectivity index (χ1n) is 5.03. The van der Waals surface area contributed by atoms with E-state index in [1.807, 2.05) is 0 Å². The molecule has 0 saturated heterocycles. The van der Waals surface area contributed by atoms with Gasteiger partial charge in [-0.1, -0.05) is 20.8 Å². The molecule has 0 aliphatic rings. The highest BCUT2D eigenvalue weighted by Crippen LogP contribution is 2.22. The average molecular weight is 207 g/mol. The third kappa shape index (κ3) is 3.70. The van der Waals surface area contributed by atoms with Gasteiger partial charge in [-0.15, -0.1) is 0 Å². The van der Waals surface area contributed by atoms with E-state index in [0.29, 0.717) is 5.56 Å². The van der Waals surface area contributed by atoms with E-state index in [2.05, 4.69) is 25.8 Å². The SMILES string of the molecule is CC(C)(C)Cc1cc(CC=O)c(O)cn1. The molecule has 3 heteroatoms. The molecule has 0 aromatic carbocycles. The minimum Gasteiger partial charge on any atom is -0.506 e. The van der Waals surface area contributed by atoms with Gasteiger partial charge in [0, 0.05) is 17.7 Å². The number of nitrogens with zero attached hydrogens (tertiary/aromatic N) is 1. The molecule has 82 valence electrons. The molecule has 0 atom stereocenters. The molecule has 0 bridgehead atoms. The molecule has 0 fully saturated rings. The van der Waals surface area contributed by atoms with Gasteiger partial charge in [0.05, 0.1) is 6.20 Å². The van der Waals surface area contributed by atoms with Gasteiger partial charge in [0.1, 0.15) is 12.0 Å².